The fourth-order valence-corrected chi connectivity index (χ4v) is 4.21. The number of para-hydroxylation sites is 1. The van der Waals surface area contributed by atoms with E-state index in [4.69, 9.17) is 11.5 Å². The Balaban J connectivity index is 2.16. The van der Waals surface area contributed by atoms with Crippen molar-refractivity contribution in [2.75, 3.05) is 0 Å². The number of carboxylic acid groups (broad SMARTS) is 2. The van der Waals surface area contributed by atoms with Crippen molar-refractivity contribution < 1.29 is 39.0 Å². The number of benzene rings is 1. The molecule has 4 amide bonds. The van der Waals surface area contributed by atoms with Crippen LogP contribution in [-0.2, 0) is 35.2 Å². The number of carbonyl (C=O) groups excluding carboxylic acids is 4. The second-order valence-corrected chi connectivity index (χ2v) is 9.94. The Hall–Kier alpha value is -4.46. The molecule has 224 valence electrons. The average molecular weight is 575 g/mol. The van der Waals surface area contributed by atoms with Crippen LogP contribution in [0.2, 0.25) is 0 Å². The first kappa shape index (κ1) is 32.8. The summed E-state index contributed by atoms with van der Waals surface area (Å²) in [6.07, 6.45) is 1.03. The molecule has 2 aromatic rings. The molecular formula is C27H38N6O8. The predicted molar refractivity (Wildman–Crippen MR) is 148 cm³/mol. The fraction of sp³-hybridized carbons (Fsp3) is 0.481. The number of primary amides is 1. The van der Waals surface area contributed by atoms with E-state index in [1.54, 1.807) is 20.0 Å². The lowest BCUT2D eigenvalue weighted by Gasteiger charge is -2.28. The van der Waals surface area contributed by atoms with Gasteiger partial charge in [0.05, 0.1) is 6.04 Å². The van der Waals surface area contributed by atoms with Gasteiger partial charge in [-0.15, -0.1) is 0 Å². The van der Waals surface area contributed by atoms with Crippen molar-refractivity contribution in [3.05, 3.63) is 36.0 Å². The molecule has 10 N–H and O–H groups in total. The summed E-state index contributed by atoms with van der Waals surface area (Å²) < 4.78 is 0. The maximum absolute atomic E-state index is 13.3. The van der Waals surface area contributed by atoms with Crippen molar-refractivity contribution in [2.45, 2.75) is 76.5 Å². The van der Waals surface area contributed by atoms with Gasteiger partial charge in [0.2, 0.25) is 23.6 Å². The molecule has 0 saturated carbocycles. The normalized spacial score (nSPS) is 14.7. The highest BCUT2D eigenvalue weighted by Gasteiger charge is 2.33. The van der Waals surface area contributed by atoms with E-state index in [1.807, 2.05) is 24.3 Å². The van der Waals surface area contributed by atoms with E-state index in [-0.39, 0.29) is 25.7 Å². The monoisotopic (exact) mass is 574 g/mol. The Labute approximate surface area is 236 Å². The third-order valence-electron chi connectivity index (χ3n) is 6.82. The molecular weight excluding hydrogens is 536 g/mol. The number of hydrogen-bond acceptors (Lipinski definition) is 7. The Morgan fingerprint density at radius 2 is 1.54 bits per heavy atom. The van der Waals surface area contributed by atoms with Gasteiger partial charge in [-0.2, -0.15) is 0 Å². The average Bonchev–Trinajstić information content (AvgIpc) is 3.33. The van der Waals surface area contributed by atoms with E-state index in [0.29, 0.717) is 6.42 Å². The van der Waals surface area contributed by atoms with Crippen LogP contribution in [0.3, 0.4) is 0 Å². The zero-order valence-corrected chi connectivity index (χ0v) is 23.0. The van der Waals surface area contributed by atoms with E-state index in [0.717, 1.165) is 16.5 Å². The van der Waals surface area contributed by atoms with Crippen molar-refractivity contribution >= 4 is 46.5 Å². The lowest BCUT2D eigenvalue weighted by Crippen LogP contribution is -2.58. The zero-order valence-electron chi connectivity index (χ0n) is 23.0. The largest absolute Gasteiger partial charge is 0.481 e. The number of aromatic nitrogens is 1. The number of aliphatic carboxylic acids is 2. The molecule has 1 aromatic carbocycles. The molecule has 14 heteroatoms. The predicted octanol–water partition coefficient (Wildman–Crippen LogP) is -0.247. The van der Waals surface area contributed by atoms with Gasteiger partial charge in [-0.05, 0) is 36.8 Å². The number of aromatic amines is 1. The zero-order chi connectivity index (χ0) is 30.7. The maximum Gasteiger partial charge on any atom is 0.326 e. The molecule has 41 heavy (non-hydrogen) atoms. The van der Waals surface area contributed by atoms with Crippen LogP contribution in [0.25, 0.3) is 10.9 Å². The first-order valence-electron chi connectivity index (χ1n) is 13.3. The first-order chi connectivity index (χ1) is 19.3. The second-order valence-electron chi connectivity index (χ2n) is 9.94. The summed E-state index contributed by atoms with van der Waals surface area (Å²) in [6.45, 7) is 3.41. The molecule has 0 aliphatic rings. The Kier molecular flexibility index (Phi) is 12.3. The SMILES string of the molecule is CCC(C)C(NC(=O)C(CCC(=O)O)NC(=O)C(N)Cc1c[nH]c2ccccc12)C(=O)NC(CCC(N)=O)C(=O)O. The molecule has 5 unspecified atom stereocenters. The van der Waals surface area contributed by atoms with E-state index < -0.39 is 72.1 Å². The molecule has 0 radical (unpaired) electrons. The summed E-state index contributed by atoms with van der Waals surface area (Å²) in [5.74, 6) is -6.13. The first-order valence-corrected chi connectivity index (χ1v) is 13.3. The topological polar surface area (TPSA) is 247 Å². The molecule has 0 spiro atoms. The minimum absolute atomic E-state index is 0.142. The van der Waals surface area contributed by atoms with Gasteiger partial charge in [0.15, 0.2) is 0 Å². The highest BCUT2D eigenvalue weighted by Crippen LogP contribution is 2.19. The lowest BCUT2D eigenvalue weighted by molar-refractivity contribution is -0.143. The molecule has 1 heterocycles. The van der Waals surface area contributed by atoms with E-state index in [2.05, 4.69) is 20.9 Å². The van der Waals surface area contributed by atoms with E-state index in [1.165, 1.54) is 0 Å². The summed E-state index contributed by atoms with van der Waals surface area (Å²) in [4.78, 5) is 76.3. The van der Waals surface area contributed by atoms with Crippen LogP contribution < -0.4 is 27.4 Å². The number of fused-ring (bicyclic) bond motifs is 1. The van der Waals surface area contributed by atoms with Crippen LogP contribution in [0.15, 0.2) is 30.5 Å². The van der Waals surface area contributed by atoms with Crippen LogP contribution in [-0.4, -0.2) is 74.9 Å². The summed E-state index contributed by atoms with van der Waals surface area (Å²) in [6, 6.07) is 2.40. The van der Waals surface area contributed by atoms with Crippen molar-refractivity contribution in [3.8, 4) is 0 Å². The molecule has 0 fully saturated rings. The number of rotatable bonds is 17. The standard InChI is InChI=1S/C27H38N6O8/c1-3-14(2)23(26(39)32-20(27(40)41)8-10-21(29)34)33-25(38)19(9-11-22(35)36)31-24(37)17(28)12-15-13-30-18-7-5-4-6-16(15)18/h4-7,13-14,17,19-20,23,30H,3,8-12,28H2,1-2H3,(H2,29,34)(H,31,37)(H,32,39)(H,33,38)(H,35,36)(H,40,41). The second kappa shape index (κ2) is 15.4. The molecule has 5 atom stereocenters. The highest BCUT2D eigenvalue weighted by molar-refractivity contribution is 5.95. The van der Waals surface area contributed by atoms with Crippen LogP contribution >= 0.6 is 0 Å². The number of H-pyrrole nitrogens is 1. The molecule has 1 aromatic heterocycles. The van der Waals surface area contributed by atoms with Crippen LogP contribution in [0.5, 0.6) is 0 Å². The summed E-state index contributed by atoms with van der Waals surface area (Å²) in [7, 11) is 0. The molecule has 0 bridgehead atoms. The van der Waals surface area contributed by atoms with E-state index >= 15 is 0 Å². The van der Waals surface area contributed by atoms with Gasteiger partial charge < -0.3 is 42.6 Å². The number of hydrogen-bond donors (Lipinski definition) is 8. The third kappa shape index (κ3) is 9.90. The minimum Gasteiger partial charge on any atom is -0.481 e. The van der Waals surface area contributed by atoms with Gasteiger partial charge in [-0.25, -0.2) is 4.79 Å². The summed E-state index contributed by atoms with van der Waals surface area (Å²) >= 11 is 0. The van der Waals surface area contributed by atoms with Crippen LogP contribution in [0.1, 0.15) is 51.5 Å². The van der Waals surface area contributed by atoms with Crippen LogP contribution in [0, 0.1) is 5.92 Å². The minimum atomic E-state index is -1.43. The Bertz CT molecular complexity index is 1260. The van der Waals surface area contributed by atoms with Gasteiger partial charge in [-0.1, -0.05) is 38.5 Å². The number of nitrogens with one attached hydrogen (secondary N) is 4. The van der Waals surface area contributed by atoms with Gasteiger partial charge in [0, 0.05) is 29.9 Å². The number of carbonyl (C=O) groups is 6. The number of carboxylic acids is 2. The fourth-order valence-electron chi connectivity index (χ4n) is 4.21. The van der Waals surface area contributed by atoms with Crippen molar-refractivity contribution in [2.24, 2.45) is 17.4 Å². The molecule has 0 saturated heterocycles. The van der Waals surface area contributed by atoms with Crippen molar-refractivity contribution in [3.63, 3.8) is 0 Å². The number of nitrogens with two attached hydrogens (primary N) is 2. The van der Waals surface area contributed by atoms with E-state index in [9.17, 15) is 39.0 Å². The molecule has 2 rings (SSSR count). The van der Waals surface area contributed by atoms with Crippen molar-refractivity contribution in [1.82, 2.24) is 20.9 Å². The van der Waals surface area contributed by atoms with Crippen molar-refractivity contribution in [1.29, 1.82) is 0 Å². The van der Waals surface area contributed by atoms with Crippen LogP contribution in [0.4, 0.5) is 0 Å². The highest BCUT2D eigenvalue weighted by atomic mass is 16.4. The summed E-state index contributed by atoms with van der Waals surface area (Å²) in [5, 5.41) is 26.8. The Morgan fingerprint density at radius 1 is 0.902 bits per heavy atom. The molecule has 14 nitrogen and oxygen atoms in total. The van der Waals surface area contributed by atoms with Gasteiger partial charge in [0.25, 0.3) is 0 Å². The van der Waals surface area contributed by atoms with Gasteiger partial charge >= 0.3 is 11.9 Å². The molecule has 0 aliphatic heterocycles. The lowest BCUT2D eigenvalue weighted by atomic mass is 9.96. The maximum atomic E-state index is 13.3. The van der Waals surface area contributed by atoms with Gasteiger partial charge in [0.1, 0.15) is 18.1 Å². The third-order valence-corrected chi connectivity index (χ3v) is 6.82. The number of amides is 4. The Morgan fingerprint density at radius 3 is 2.15 bits per heavy atom. The van der Waals surface area contributed by atoms with Gasteiger partial charge in [-0.3, -0.25) is 24.0 Å². The molecule has 0 aliphatic carbocycles. The quantitative estimate of drug-likeness (QED) is 0.124. The summed E-state index contributed by atoms with van der Waals surface area (Å²) in [5.41, 5.74) is 12.9. The smallest absolute Gasteiger partial charge is 0.326 e.